The van der Waals surface area contributed by atoms with Crippen LogP contribution in [0.4, 0.5) is 17.1 Å². The van der Waals surface area contributed by atoms with Crippen LogP contribution in [0.5, 0.6) is 0 Å². The second-order valence-corrected chi connectivity index (χ2v) is 15.3. The molecule has 0 fully saturated rings. The Morgan fingerprint density at radius 3 is 1.40 bits per heavy atom. The van der Waals surface area contributed by atoms with Gasteiger partial charge in [-0.25, -0.2) is 0 Å². The highest BCUT2D eigenvalue weighted by atomic mass is 16.3. The van der Waals surface area contributed by atoms with Gasteiger partial charge < -0.3 is 9.32 Å². The summed E-state index contributed by atoms with van der Waals surface area (Å²) in [7, 11) is 0. The molecule has 2 heteroatoms. The summed E-state index contributed by atoms with van der Waals surface area (Å²) in [6.07, 6.45) is 0. The van der Waals surface area contributed by atoms with E-state index in [9.17, 15) is 0 Å². The molecule has 11 aromatic rings. The highest BCUT2D eigenvalue weighted by molar-refractivity contribution is 6.22. The van der Waals surface area contributed by atoms with Crippen LogP contribution >= 0.6 is 0 Å². The highest BCUT2D eigenvalue weighted by Crippen LogP contribution is 2.44. The van der Waals surface area contributed by atoms with Gasteiger partial charge in [0.05, 0.1) is 0 Å². The standard InChI is InChI=1S/C58H39NO/c1-5-16-40(17-6-1)44-22-15-23-46(34-44)54-39-57-58(53-26-13-14-27-56(53)60-57)52-33-30-45(38-55(52)54)43-28-31-50(32-29-43)59(49-24-11-4-12-25-49)51-36-47(41-18-7-2-8-19-41)35-48(37-51)42-20-9-3-10-21-42/h1-39H. The third-order valence-electron chi connectivity index (χ3n) is 11.6. The number of rotatable bonds is 8. The summed E-state index contributed by atoms with van der Waals surface area (Å²) in [5, 5.41) is 4.65. The first-order valence-corrected chi connectivity index (χ1v) is 20.5. The van der Waals surface area contributed by atoms with Gasteiger partial charge in [-0.3, -0.25) is 0 Å². The molecule has 0 aliphatic rings. The Kier molecular flexibility index (Phi) is 8.87. The molecule has 0 bridgehead atoms. The molecule has 0 aliphatic heterocycles. The number of furan rings is 1. The number of hydrogen-bond acceptors (Lipinski definition) is 2. The van der Waals surface area contributed by atoms with Gasteiger partial charge in [0.1, 0.15) is 11.2 Å². The van der Waals surface area contributed by atoms with Crippen molar-refractivity contribution in [2.24, 2.45) is 0 Å². The first kappa shape index (κ1) is 35.2. The second-order valence-electron chi connectivity index (χ2n) is 15.3. The maximum atomic E-state index is 6.52. The van der Waals surface area contributed by atoms with E-state index in [1.165, 1.54) is 44.2 Å². The van der Waals surface area contributed by atoms with E-state index in [1.807, 2.05) is 6.07 Å². The van der Waals surface area contributed by atoms with Crippen molar-refractivity contribution in [2.45, 2.75) is 0 Å². The van der Waals surface area contributed by atoms with E-state index >= 15 is 0 Å². The van der Waals surface area contributed by atoms with Crippen molar-refractivity contribution >= 4 is 49.8 Å². The molecule has 0 atom stereocenters. The van der Waals surface area contributed by atoms with E-state index in [4.69, 9.17) is 4.42 Å². The Morgan fingerprint density at radius 2 is 0.733 bits per heavy atom. The number of benzene rings is 10. The number of para-hydroxylation sites is 2. The highest BCUT2D eigenvalue weighted by Gasteiger charge is 2.18. The van der Waals surface area contributed by atoms with Crippen LogP contribution in [-0.4, -0.2) is 0 Å². The Labute approximate surface area is 349 Å². The Bertz CT molecular complexity index is 3220. The lowest BCUT2D eigenvalue weighted by Crippen LogP contribution is -2.10. The molecule has 0 amide bonds. The number of hydrogen-bond donors (Lipinski definition) is 0. The molecule has 10 aromatic carbocycles. The van der Waals surface area contributed by atoms with Crippen LogP contribution in [0, 0.1) is 0 Å². The maximum absolute atomic E-state index is 6.52. The zero-order valence-corrected chi connectivity index (χ0v) is 32.9. The van der Waals surface area contributed by atoms with Crippen LogP contribution in [0.15, 0.2) is 241 Å². The topological polar surface area (TPSA) is 16.4 Å². The summed E-state index contributed by atoms with van der Waals surface area (Å²) in [6.45, 7) is 0. The summed E-state index contributed by atoms with van der Waals surface area (Å²) in [5.74, 6) is 0. The lowest BCUT2D eigenvalue weighted by atomic mass is 9.91. The molecule has 11 rings (SSSR count). The zero-order chi connectivity index (χ0) is 39.8. The molecule has 2 nitrogen and oxygen atoms in total. The molecule has 282 valence electrons. The van der Waals surface area contributed by atoms with E-state index in [0.29, 0.717) is 0 Å². The Hall–Kier alpha value is -7.94. The minimum atomic E-state index is 0.897. The first-order valence-electron chi connectivity index (χ1n) is 20.5. The van der Waals surface area contributed by atoms with Crippen LogP contribution in [0.25, 0.3) is 88.3 Å². The van der Waals surface area contributed by atoms with E-state index in [2.05, 4.69) is 235 Å². The summed E-state index contributed by atoms with van der Waals surface area (Å²) in [6, 6.07) is 84.9. The summed E-state index contributed by atoms with van der Waals surface area (Å²) in [5.41, 5.74) is 16.8. The second kappa shape index (κ2) is 15.1. The molecule has 0 saturated heterocycles. The normalized spacial score (nSPS) is 11.3. The smallest absolute Gasteiger partial charge is 0.136 e. The summed E-state index contributed by atoms with van der Waals surface area (Å²) < 4.78 is 6.52. The predicted molar refractivity (Wildman–Crippen MR) is 253 cm³/mol. The number of anilines is 3. The van der Waals surface area contributed by atoms with E-state index in [1.54, 1.807) is 0 Å². The quantitative estimate of drug-likeness (QED) is 0.153. The average molecular weight is 766 g/mol. The third-order valence-corrected chi connectivity index (χ3v) is 11.6. The van der Waals surface area contributed by atoms with Gasteiger partial charge in [0.2, 0.25) is 0 Å². The van der Waals surface area contributed by atoms with Gasteiger partial charge in [-0.2, -0.15) is 0 Å². The van der Waals surface area contributed by atoms with Crippen LogP contribution in [0.3, 0.4) is 0 Å². The fourth-order valence-corrected chi connectivity index (χ4v) is 8.72. The van der Waals surface area contributed by atoms with E-state index in [-0.39, 0.29) is 0 Å². The summed E-state index contributed by atoms with van der Waals surface area (Å²) in [4.78, 5) is 2.36. The molecule has 0 radical (unpaired) electrons. The van der Waals surface area contributed by atoms with Crippen molar-refractivity contribution in [1.82, 2.24) is 0 Å². The van der Waals surface area contributed by atoms with Crippen molar-refractivity contribution in [3.05, 3.63) is 237 Å². The largest absolute Gasteiger partial charge is 0.456 e. The molecule has 0 unspecified atom stereocenters. The molecule has 0 aliphatic carbocycles. The Balaban J connectivity index is 1.05. The predicted octanol–water partition coefficient (Wildman–Crippen LogP) is 16.5. The minimum Gasteiger partial charge on any atom is -0.456 e. The summed E-state index contributed by atoms with van der Waals surface area (Å²) >= 11 is 0. The van der Waals surface area contributed by atoms with Crippen molar-refractivity contribution in [3.8, 4) is 55.6 Å². The van der Waals surface area contributed by atoms with Crippen molar-refractivity contribution in [1.29, 1.82) is 0 Å². The lowest BCUT2D eigenvalue weighted by molar-refractivity contribution is 0.669. The first-order chi connectivity index (χ1) is 29.7. The minimum absolute atomic E-state index is 0.897. The Morgan fingerprint density at radius 1 is 0.250 bits per heavy atom. The average Bonchev–Trinajstić information content (AvgIpc) is 3.71. The fraction of sp³-hybridized carbons (Fsp3) is 0. The van der Waals surface area contributed by atoms with Crippen LogP contribution in [0.2, 0.25) is 0 Å². The van der Waals surface area contributed by atoms with Crippen molar-refractivity contribution in [2.75, 3.05) is 4.90 Å². The SMILES string of the molecule is c1ccc(-c2cccc(-c3cc4oc5ccccc5c4c4ccc(-c5ccc(N(c6ccccc6)c6cc(-c7ccccc7)cc(-c7ccccc7)c6)cc5)cc34)c2)cc1. The van der Waals surface area contributed by atoms with Gasteiger partial charge >= 0.3 is 0 Å². The van der Waals surface area contributed by atoms with Crippen LogP contribution < -0.4 is 4.90 Å². The monoisotopic (exact) mass is 765 g/mol. The van der Waals surface area contributed by atoms with Gasteiger partial charge in [-0.05, 0) is 133 Å². The van der Waals surface area contributed by atoms with Crippen LogP contribution in [0.1, 0.15) is 0 Å². The van der Waals surface area contributed by atoms with Gasteiger partial charge in [0.15, 0.2) is 0 Å². The maximum Gasteiger partial charge on any atom is 0.136 e. The van der Waals surface area contributed by atoms with Crippen molar-refractivity contribution < 1.29 is 4.42 Å². The van der Waals surface area contributed by atoms with Crippen molar-refractivity contribution in [3.63, 3.8) is 0 Å². The third kappa shape index (κ3) is 6.51. The fourth-order valence-electron chi connectivity index (χ4n) is 8.72. The van der Waals surface area contributed by atoms with Gasteiger partial charge in [-0.15, -0.1) is 0 Å². The molecular formula is C58H39NO. The van der Waals surface area contributed by atoms with Crippen LogP contribution in [-0.2, 0) is 0 Å². The molecule has 1 aromatic heterocycles. The van der Waals surface area contributed by atoms with Gasteiger partial charge in [0.25, 0.3) is 0 Å². The number of fused-ring (bicyclic) bond motifs is 5. The molecular weight excluding hydrogens is 727 g/mol. The molecule has 1 heterocycles. The molecule has 60 heavy (non-hydrogen) atoms. The van der Waals surface area contributed by atoms with E-state index < -0.39 is 0 Å². The molecule has 0 saturated carbocycles. The zero-order valence-electron chi connectivity index (χ0n) is 32.9. The molecule has 0 N–H and O–H groups in total. The van der Waals surface area contributed by atoms with Gasteiger partial charge in [0, 0.05) is 27.8 Å². The van der Waals surface area contributed by atoms with E-state index in [0.717, 1.165) is 61.3 Å². The van der Waals surface area contributed by atoms with Gasteiger partial charge in [-0.1, -0.05) is 170 Å². The number of nitrogens with zero attached hydrogens (tertiary/aromatic N) is 1. The lowest BCUT2D eigenvalue weighted by Gasteiger charge is -2.27. The molecule has 0 spiro atoms.